The van der Waals surface area contributed by atoms with E-state index in [4.69, 9.17) is 0 Å². The number of para-hydroxylation sites is 1. The number of carbonyl (C=O) groups is 3. The lowest BCUT2D eigenvalue weighted by Gasteiger charge is -2.43. The topological polar surface area (TPSA) is 73.0 Å². The van der Waals surface area contributed by atoms with Gasteiger partial charge >= 0.3 is 0 Å². The minimum atomic E-state index is -0.725. The Morgan fingerprint density at radius 2 is 1.65 bits per heavy atom. The van der Waals surface area contributed by atoms with Gasteiger partial charge in [-0.3, -0.25) is 14.4 Å². The number of carbonyl (C=O) groups excluding carboxylic acids is 3. The van der Waals surface area contributed by atoms with E-state index >= 15 is 0 Å². The Hall–Kier alpha value is -3.35. The zero-order valence-electron chi connectivity index (χ0n) is 18.0. The number of benzene rings is 2. The van der Waals surface area contributed by atoms with E-state index in [0.717, 1.165) is 11.3 Å². The number of likely N-dealkylation sites (tertiary alicyclic amines) is 1. The van der Waals surface area contributed by atoms with Crippen LogP contribution >= 0.6 is 0 Å². The quantitative estimate of drug-likeness (QED) is 0.825. The van der Waals surface area contributed by atoms with Crippen molar-refractivity contribution in [1.82, 2.24) is 9.80 Å². The first kappa shape index (κ1) is 20.9. The predicted molar refractivity (Wildman–Crippen MR) is 120 cm³/mol. The number of aryl methyl sites for hydroxylation is 1. The van der Waals surface area contributed by atoms with Gasteiger partial charge in [0.2, 0.25) is 11.8 Å². The van der Waals surface area contributed by atoms with E-state index in [1.165, 1.54) is 0 Å². The van der Waals surface area contributed by atoms with Crippen LogP contribution in [0.2, 0.25) is 0 Å². The Bertz CT molecular complexity index is 966. The average Bonchev–Trinajstić information content (AvgIpc) is 3.02. The number of piperidine rings is 1. The van der Waals surface area contributed by atoms with Crippen LogP contribution in [0, 0.1) is 6.92 Å². The van der Waals surface area contributed by atoms with Gasteiger partial charge in [-0.2, -0.15) is 0 Å². The molecule has 7 nitrogen and oxygen atoms in total. The molecule has 7 heteroatoms. The molecule has 1 N–H and O–H groups in total. The summed E-state index contributed by atoms with van der Waals surface area (Å²) >= 11 is 0. The fourth-order valence-electron chi connectivity index (χ4n) is 4.52. The van der Waals surface area contributed by atoms with Crippen LogP contribution in [-0.2, 0) is 14.4 Å². The Morgan fingerprint density at radius 3 is 2.26 bits per heavy atom. The van der Waals surface area contributed by atoms with Crippen LogP contribution in [0.1, 0.15) is 25.3 Å². The molecule has 2 aromatic rings. The maximum atomic E-state index is 13.6. The van der Waals surface area contributed by atoms with E-state index in [1.54, 1.807) is 16.7 Å². The van der Waals surface area contributed by atoms with E-state index in [9.17, 15) is 14.4 Å². The molecule has 2 aliphatic rings. The van der Waals surface area contributed by atoms with Gasteiger partial charge in [-0.15, -0.1) is 0 Å². The third-order valence-corrected chi connectivity index (χ3v) is 6.29. The minimum Gasteiger partial charge on any atom is -0.343 e. The maximum Gasteiger partial charge on any atom is 0.250 e. The van der Waals surface area contributed by atoms with E-state index in [2.05, 4.69) is 10.2 Å². The number of rotatable bonds is 4. The Morgan fingerprint density at radius 1 is 1.00 bits per heavy atom. The van der Waals surface area contributed by atoms with Gasteiger partial charge in [-0.1, -0.05) is 35.9 Å². The molecule has 4 rings (SSSR count). The molecule has 0 saturated carbocycles. The number of nitrogens with zero attached hydrogens (tertiary/aromatic N) is 3. The fourth-order valence-corrected chi connectivity index (χ4v) is 4.52. The summed E-state index contributed by atoms with van der Waals surface area (Å²) in [5.41, 5.74) is 2.06. The molecule has 0 unspecified atom stereocenters. The van der Waals surface area contributed by atoms with E-state index < -0.39 is 5.54 Å². The van der Waals surface area contributed by atoms with Crippen molar-refractivity contribution in [3.05, 3.63) is 60.2 Å². The summed E-state index contributed by atoms with van der Waals surface area (Å²) in [5.74, 6) is -0.233. The summed E-state index contributed by atoms with van der Waals surface area (Å²) in [7, 11) is 0. The zero-order valence-corrected chi connectivity index (χ0v) is 18.0. The number of nitrogens with one attached hydrogen (secondary N) is 1. The first-order valence-electron chi connectivity index (χ1n) is 10.6. The van der Waals surface area contributed by atoms with Gasteiger partial charge in [-0.05, 0) is 44.0 Å². The molecule has 2 aromatic carbocycles. The first-order chi connectivity index (χ1) is 14.9. The lowest BCUT2D eigenvalue weighted by atomic mass is 9.85. The summed E-state index contributed by atoms with van der Waals surface area (Å²) < 4.78 is 0. The van der Waals surface area contributed by atoms with Gasteiger partial charge in [0.05, 0.1) is 6.67 Å². The van der Waals surface area contributed by atoms with Crippen LogP contribution in [0.15, 0.2) is 54.6 Å². The molecule has 0 aromatic heterocycles. The normalized spacial score (nSPS) is 17.9. The van der Waals surface area contributed by atoms with Crippen molar-refractivity contribution in [1.29, 1.82) is 0 Å². The number of hydrogen-bond acceptors (Lipinski definition) is 4. The Kier molecular flexibility index (Phi) is 5.67. The average molecular weight is 421 g/mol. The molecule has 0 radical (unpaired) electrons. The van der Waals surface area contributed by atoms with Crippen LogP contribution in [0.4, 0.5) is 11.4 Å². The fraction of sp³-hybridized carbons (Fsp3) is 0.375. The van der Waals surface area contributed by atoms with Crippen molar-refractivity contribution in [2.24, 2.45) is 0 Å². The minimum absolute atomic E-state index is 0.00574. The SMILES string of the molecule is CC(=O)N1CCC2(CC1)C(=O)N(CC(=O)Nc1ccc(C)cc1)CN2c1ccccc1. The van der Waals surface area contributed by atoms with Gasteiger partial charge in [0, 0.05) is 31.4 Å². The monoisotopic (exact) mass is 420 g/mol. The summed E-state index contributed by atoms with van der Waals surface area (Å²) in [5, 5.41) is 2.88. The summed E-state index contributed by atoms with van der Waals surface area (Å²) in [6, 6.07) is 17.4. The largest absolute Gasteiger partial charge is 0.343 e. The van der Waals surface area contributed by atoms with Gasteiger partial charge in [0.1, 0.15) is 12.1 Å². The Balaban J connectivity index is 1.53. The van der Waals surface area contributed by atoms with Gasteiger partial charge in [0.15, 0.2) is 0 Å². The molecule has 2 heterocycles. The van der Waals surface area contributed by atoms with Crippen molar-refractivity contribution in [2.45, 2.75) is 32.2 Å². The summed E-state index contributed by atoms with van der Waals surface area (Å²) in [6.07, 6.45) is 1.10. The van der Waals surface area contributed by atoms with Crippen LogP contribution in [-0.4, -0.2) is 59.4 Å². The zero-order chi connectivity index (χ0) is 22.0. The van der Waals surface area contributed by atoms with E-state index in [0.29, 0.717) is 38.3 Å². The number of anilines is 2. The van der Waals surface area contributed by atoms with Crippen LogP contribution in [0.5, 0.6) is 0 Å². The van der Waals surface area contributed by atoms with Gasteiger partial charge in [-0.25, -0.2) is 0 Å². The van der Waals surface area contributed by atoms with Gasteiger partial charge < -0.3 is 20.0 Å². The highest BCUT2D eigenvalue weighted by Gasteiger charge is 2.54. The molecular weight excluding hydrogens is 392 g/mol. The number of amides is 3. The molecule has 0 bridgehead atoms. The molecule has 1 spiro atoms. The third kappa shape index (κ3) is 4.13. The van der Waals surface area contributed by atoms with E-state index in [-0.39, 0.29) is 24.3 Å². The highest BCUT2D eigenvalue weighted by Crippen LogP contribution is 2.39. The molecular formula is C24H28N4O3. The van der Waals surface area contributed by atoms with Crippen molar-refractivity contribution < 1.29 is 14.4 Å². The van der Waals surface area contributed by atoms with Crippen LogP contribution < -0.4 is 10.2 Å². The van der Waals surface area contributed by atoms with Crippen molar-refractivity contribution in [2.75, 3.05) is 36.5 Å². The molecule has 162 valence electrons. The molecule has 2 fully saturated rings. The molecule has 0 aliphatic carbocycles. The lowest BCUT2D eigenvalue weighted by Crippen LogP contribution is -2.57. The van der Waals surface area contributed by atoms with Crippen molar-refractivity contribution in [3.8, 4) is 0 Å². The van der Waals surface area contributed by atoms with Gasteiger partial charge in [0.25, 0.3) is 5.91 Å². The first-order valence-corrected chi connectivity index (χ1v) is 10.6. The highest BCUT2D eigenvalue weighted by atomic mass is 16.2. The third-order valence-electron chi connectivity index (χ3n) is 6.29. The molecule has 2 saturated heterocycles. The molecule has 3 amide bonds. The standard InChI is InChI=1S/C24H28N4O3/c1-18-8-10-20(11-9-18)25-22(30)16-27-17-28(21-6-4-3-5-7-21)24(23(27)31)12-14-26(15-13-24)19(2)29/h3-11H,12-17H2,1-2H3,(H,25,30). The smallest absolute Gasteiger partial charge is 0.250 e. The van der Waals surface area contributed by atoms with Crippen molar-refractivity contribution in [3.63, 3.8) is 0 Å². The predicted octanol–water partition coefficient (Wildman–Crippen LogP) is 2.62. The van der Waals surface area contributed by atoms with Crippen molar-refractivity contribution >= 4 is 29.1 Å². The highest BCUT2D eigenvalue weighted by molar-refractivity contribution is 5.99. The Labute approximate surface area is 182 Å². The molecule has 2 aliphatic heterocycles. The number of hydrogen-bond donors (Lipinski definition) is 1. The summed E-state index contributed by atoms with van der Waals surface area (Å²) in [4.78, 5) is 43.6. The maximum absolute atomic E-state index is 13.6. The second kappa shape index (κ2) is 8.41. The molecule has 31 heavy (non-hydrogen) atoms. The van der Waals surface area contributed by atoms with Crippen LogP contribution in [0.3, 0.4) is 0 Å². The second-order valence-electron chi connectivity index (χ2n) is 8.36. The van der Waals surface area contributed by atoms with E-state index in [1.807, 2.05) is 61.5 Å². The summed E-state index contributed by atoms with van der Waals surface area (Å²) in [6.45, 7) is 4.97. The lowest BCUT2D eigenvalue weighted by molar-refractivity contribution is -0.138. The molecule has 0 atom stereocenters. The second-order valence-corrected chi connectivity index (χ2v) is 8.36. The van der Waals surface area contributed by atoms with Crippen LogP contribution in [0.25, 0.3) is 0 Å².